The Morgan fingerprint density at radius 3 is 2.59 bits per heavy atom. The molecule has 1 heterocycles. The summed E-state index contributed by atoms with van der Waals surface area (Å²) in [6, 6.07) is 0. The molecule has 0 saturated carbocycles. The Bertz CT molecular complexity index is 223. The number of hydrogen-bond donors (Lipinski definition) is 1. The number of methoxy groups -OCH3 is 1. The van der Waals surface area contributed by atoms with Crippen LogP contribution >= 0.6 is 0 Å². The Balaban J connectivity index is 2.08. The number of nitrogens with zero attached hydrogens (tertiary/aromatic N) is 1. The molecule has 1 N–H and O–H groups in total. The van der Waals surface area contributed by atoms with Gasteiger partial charge in [0.05, 0.1) is 0 Å². The molecule has 0 bridgehead atoms. The van der Waals surface area contributed by atoms with Gasteiger partial charge in [0, 0.05) is 26.7 Å². The van der Waals surface area contributed by atoms with Gasteiger partial charge in [-0.05, 0) is 31.2 Å². The zero-order chi connectivity index (χ0) is 12.7. The van der Waals surface area contributed by atoms with E-state index in [1.807, 2.05) is 0 Å². The van der Waals surface area contributed by atoms with E-state index in [9.17, 15) is 4.79 Å². The van der Waals surface area contributed by atoms with Crippen LogP contribution in [0.5, 0.6) is 0 Å². The second-order valence-electron chi connectivity index (χ2n) is 5.34. The summed E-state index contributed by atoms with van der Waals surface area (Å²) < 4.78 is 4.76. The molecule has 0 radical (unpaired) electrons. The molecule has 0 unspecified atom stereocenters. The van der Waals surface area contributed by atoms with Gasteiger partial charge in [-0.2, -0.15) is 0 Å². The number of rotatable bonds is 6. The molecule has 2 atom stereocenters. The highest BCUT2D eigenvalue weighted by molar-refractivity contribution is 5.77. The SMILES string of the molecule is COCC(=O)NCCCN1C[C@H](C)C[C@@H](C)C1. The first-order chi connectivity index (χ1) is 8.11. The summed E-state index contributed by atoms with van der Waals surface area (Å²) in [4.78, 5) is 13.7. The van der Waals surface area contributed by atoms with E-state index in [4.69, 9.17) is 4.74 Å². The summed E-state index contributed by atoms with van der Waals surface area (Å²) in [7, 11) is 1.54. The molecule has 0 aliphatic carbocycles. The van der Waals surface area contributed by atoms with E-state index >= 15 is 0 Å². The first-order valence-electron chi connectivity index (χ1n) is 6.59. The van der Waals surface area contributed by atoms with Crippen molar-refractivity contribution in [3.05, 3.63) is 0 Å². The first kappa shape index (κ1) is 14.5. The lowest BCUT2D eigenvalue weighted by Gasteiger charge is -2.34. The van der Waals surface area contributed by atoms with Gasteiger partial charge in [0.1, 0.15) is 6.61 Å². The average Bonchev–Trinajstić information content (AvgIpc) is 2.23. The van der Waals surface area contributed by atoms with Crippen molar-refractivity contribution in [2.24, 2.45) is 11.8 Å². The third kappa shape index (κ3) is 6.03. The standard InChI is InChI=1S/C13H26N2O2/c1-11-7-12(2)9-15(8-11)6-4-5-14-13(16)10-17-3/h11-12H,4-10H2,1-3H3,(H,14,16)/t11-,12-/m1/s1. The van der Waals surface area contributed by atoms with Crippen molar-refractivity contribution in [3.63, 3.8) is 0 Å². The normalized spacial score (nSPS) is 25.8. The van der Waals surface area contributed by atoms with Crippen molar-refractivity contribution in [3.8, 4) is 0 Å². The number of ether oxygens (including phenoxy) is 1. The van der Waals surface area contributed by atoms with E-state index in [-0.39, 0.29) is 12.5 Å². The summed E-state index contributed by atoms with van der Waals surface area (Å²) in [5.41, 5.74) is 0. The van der Waals surface area contributed by atoms with Crippen molar-refractivity contribution >= 4 is 5.91 Å². The highest BCUT2D eigenvalue weighted by Crippen LogP contribution is 2.20. The molecular formula is C13H26N2O2. The predicted octanol–water partition coefficient (Wildman–Crippen LogP) is 1.12. The lowest BCUT2D eigenvalue weighted by atomic mass is 9.92. The second-order valence-corrected chi connectivity index (χ2v) is 5.34. The number of nitrogens with one attached hydrogen (secondary N) is 1. The molecule has 1 aliphatic rings. The van der Waals surface area contributed by atoms with Gasteiger partial charge in [0.2, 0.25) is 5.91 Å². The Kier molecular flexibility index (Phi) is 6.52. The van der Waals surface area contributed by atoms with Crippen LogP contribution in [0.2, 0.25) is 0 Å². The van der Waals surface area contributed by atoms with Gasteiger partial charge in [-0.3, -0.25) is 4.79 Å². The quantitative estimate of drug-likeness (QED) is 0.710. The van der Waals surface area contributed by atoms with E-state index in [1.165, 1.54) is 26.6 Å². The van der Waals surface area contributed by atoms with Crippen molar-refractivity contribution in [2.45, 2.75) is 26.7 Å². The summed E-state index contributed by atoms with van der Waals surface area (Å²) >= 11 is 0. The van der Waals surface area contributed by atoms with Gasteiger partial charge in [0.15, 0.2) is 0 Å². The summed E-state index contributed by atoms with van der Waals surface area (Å²) in [5.74, 6) is 1.59. The fourth-order valence-corrected chi connectivity index (χ4v) is 2.69. The van der Waals surface area contributed by atoms with Crippen LogP contribution in [0.3, 0.4) is 0 Å². The van der Waals surface area contributed by atoms with Gasteiger partial charge in [0.25, 0.3) is 0 Å². The maximum absolute atomic E-state index is 11.1. The van der Waals surface area contributed by atoms with E-state index in [0.29, 0.717) is 0 Å². The van der Waals surface area contributed by atoms with Gasteiger partial charge < -0.3 is 15.0 Å². The summed E-state index contributed by atoms with van der Waals surface area (Å²) in [6.45, 7) is 9.06. The fourth-order valence-electron chi connectivity index (χ4n) is 2.69. The van der Waals surface area contributed by atoms with Crippen LogP contribution in [-0.4, -0.2) is 50.7 Å². The number of piperidine rings is 1. The first-order valence-corrected chi connectivity index (χ1v) is 6.59. The van der Waals surface area contributed by atoms with Crippen LogP contribution in [0.15, 0.2) is 0 Å². The maximum atomic E-state index is 11.1. The van der Waals surface area contributed by atoms with Gasteiger partial charge >= 0.3 is 0 Å². The molecule has 4 nitrogen and oxygen atoms in total. The van der Waals surface area contributed by atoms with Crippen molar-refractivity contribution < 1.29 is 9.53 Å². The minimum atomic E-state index is -0.0205. The maximum Gasteiger partial charge on any atom is 0.245 e. The molecule has 1 rings (SSSR count). The Morgan fingerprint density at radius 2 is 2.00 bits per heavy atom. The van der Waals surface area contributed by atoms with Gasteiger partial charge in [-0.15, -0.1) is 0 Å². The third-order valence-corrected chi connectivity index (χ3v) is 3.19. The molecule has 0 spiro atoms. The molecule has 0 aromatic rings. The van der Waals surface area contributed by atoms with Crippen LogP contribution in [-0.2, 0) is 9.53 Å². The monoisotopic (exact) mass is 242 g/mol. The van der Waals surface area contributed by atoms with E-state index in [0.717, 1.165) is 31.3 Å². The van der Waals surface area contributed by atoms with Crippen LogP contribution in [0.1, 0.15) is 26.7 Å². The number of likely N-dealkylation sites (tertiary alicyclic amines) is 1. The van der Waals surface area contributed by atoms with Crippen molar-refractivity contribution in [2.75, 3.05) is 39.9 Å². The Morgan fingerprint density at radius 1 is 1.35 bits per heavy atom. The smallest absolute Gasteiger partial charge is 0.245 e. The Hall–Kier alpha value is -0.610. The summed E-state index contributed by atoms with van der Waals surface area (Å²) in [5, 5.41) is 2.85. The molecule has 17 heavy (non-hydrogen) atoms. The van der Waals surface area contributed by atoms with E-state index in [1.54, 1.807) is 0 Å². The minimum absolute atomic E-state index is 0.0205. The van der Waals surface area contributed by atoms with Crippen LogP contribution in [0.4, 0.5) is 0 Å². The molecule has 1 saturated heterocycles. The molecule has 1 aliphatic heterocycles. The average molecular weight is 242 g/mol. The van der Waals surface area contributed by atoms with Gasteiger partial charge in [-0.25, -0.2) is 0 Å². The zero-order valence-electron chi connectivity index (χ0n) is 11.4. The van der Waals surface area contributed by atoms with E-state index in [2.05, 4.69) is 24.1 Å². The van der Waals surface area contributed by atoms with Crippen LogP contribution in [0, 0.1) is 11.8 Å². The lowest BCUT2D eigenvalue weighted by Crippen LogP contribution is -2.40. The number of carbonyl (C=O) groups excluding carboxylic acids is 1. The third-order valence-electron chi connectivity index (χ3n) is 3.19. The zero-order valence-corrected chi connectivity index (χ0v) is 11.4. The number of amides is 1. The Labute approximate surface area is 105 Å². The molecule has 0 aromatic carbocycles. The van der Waals surface area contributed by atoms with Crippen molar-refractivity contribution in [1.29, 1.82) is 0 Å². The van der Waals surface area contributed by atoms with Crippen molar-refractivity contribution in [1.82, 2.24) is 10.2 Å². The second kappa shape index (κ2) is 7.67. The minimum Gasteiger partial charge on any atom is -0.375 e. The molecule has 100 valence electrons. The number of hydrogen-bond acceptors (Lipinski definition) is 3. The predicted molar refractivity (Wildman–Crippen MR) is 68.9 cm³/mol. The molecule has 4 heteroatoms. The van der Waals surface area contributed by atoms with Gasteiger partial charge in [-0.1, -0.05) is 13.8 Å². The molecule has 1 fully saturated rings. The fraction of sp³-hybridized carbons (Fsp3) is 0.923. The van der Waals surface area contributed by atoms with Crippen LogP contribution in [0.25, 0.3) is 0 Å². The highest BCUT2D eigenvalue weighted by Gasteiger charge is 2.20. The topological polar surface area (TPSA) is 41.6 Å². The lowest BCUT2D eigenvalue weighted by molar-refractivity contribution is -0.124. The highest BCUT2D eigenvalue weighted by atomic mass is 16.5. The van der Waals surface area contributed by atoms with E-state index < -0.39 is 0 Å². The summed E-state index contributed by atoms with van der Waals surface area (Å²) in [6.07, 6.45) is 2.37. The largest absolute Gasteiger partial charge is 0.375 e. The molecular weight excluding hydrogens is 216 g/mol. The molecule has 1 amide bonds. The van der Waals surface area contributed by atoms with Crippen LogP contribution < -0.4 is 5.32 Å². The number of carbonyl (C=O) groups is 1. The molecule has 0 aromatic heterocycles.